The number of pyridine rings is 1. The molecule has 6 nitrogen and oxygen atoms in total. The van der Waals surface area contributed by atoms with Gasteiger partial charge in [-0.2, -0.15) is 5.26 Å². The summed E-state index contributed by atoms with van der Waals surface area (Å²) >= 11 is 0. The van der Waals surface area contributed by atoms with Crippen LogP contribution in [0, 0.1) is 11.3 Å². The number of nitrogens with one attached hydrogen (secondary N) is 1. The van der Waals surface area contributed by atoms with E-state index in [2.05, 4.69) is 37.8 Å². The molecule has 3 heterocycles. The first-order chi connectivity index (χ1) is 12.2. The summed E-state index contributed by atoms with van der Waals surface area (Å²) in [5.74, 6) is 0.589. The van der Waals surface area contributed by atoms with Gasteiger partial charge in [-0.15, -0.1) is 0 Å². The number of anilines is 1. The van der Waals surface area contributed by atoms with Crippen LogP contribution in [0.1, 0.15) is 12.6 Å². The van der Waals surface area contributed by atoms with E-state index in [1.165, 1.54) is 0 Å². The van der Waals surface area contributed by atoms with Gasteiger partial charge in [-0.05, 0) is 24.3 Å². The Morgan fingerprint density at radius 3 is 2.76 bits per heavy atom. The van der Waals surface area contributed by atoms with Crippen molar-refractivity contribution in [3.8, 4) is 17.3 Å². The predicted molar refractivity (Wildman–Crippen MR) is 99.1 cm³/mol. The molecule has 1 saturated heterocycles. The molecule has 0 radical (unpaired) electrons. The number of nitrogens with zero attached hydrogens (tertiary/aromatic N) is 5. The summed E-state index contributed by atoms with van der Waals surface area (Å²) in [6, 6.07) is 5.76. The number of allylic oxidation sites excluding steroid dienone is 2. The van der Waals surface area contributed by atoms with Gasteiger partial charge in [-0.25, -0.2) is 9.97 Å². The third-order valence-corrected chi connectivity index (χ3v) is 3.97. The van der Waals surface area contributed by atoms with Gasteiger partial charge in [0.15, 0.2) is 0 Å². The van der Waals surface area contributed by atoms with Gasteiger partial charge >= 0.3 is 0 Å². The Balaban J connectivity index is 2.03. The van der Waals surface area contributed by atoms with Crippen molar-refractivity contribution in [3.05, 3.63) is 46.7 Å². The highest BCUT2D eigenvalue weighted by Crippen LogP contribution is 2.19. The molecule has 1 aliphatic rings. The molecule has 0 unspecified atom stereocenters. The van der Waals surface area contributed by atoms with Gasteiger partial charge in [0.25, 0.3) is 0 Å². The maximum Gasteiger partial charge on any atom is 0.227 e. The summed E-state index contributed by atoms with van der Waals surface area (Å²) in [6.45, 7) is 9.43. The molecule has 0 bridgehead atoms. The molecule has 1 N–H and O–H groups in total. The Kier molecular flexibility index (Phi) is 5.17. The maximum absolute atomic E-state index is 9.32. The number of hydrogen-bond acceptors (Lipinski definition) is 6. The van der Waals surface area contributed by atoms with E-state index in [0.29, 0.717) is 17.3 Å². The van der Waals surface area contributed by atoms with Crippen LogP contribution in [0.15, 0.2) is 30.5 Å². The molecule has 0 aliphatic carbocycles. The largest absolute Gasteiger partial charge is 0.338 e. The Labute approximate surface area is 146 Å². The molecule has 6 heteroatoms. The van der Waals surface area contributed by atoms with Crippen LogP contribution in [0.4, 0.5) is 5.95 Å². The molecule has 126 valence electrons. The number of nitriles is 1. The van der Waals surface area contributed by atoms with E-state index < -0.39 is 0 Å². The first kappa shape index (κ1) is 16.8. The molecule has 2 aromatic rings. The van der Waals surface area contributed by atoms with Crippen LogP contribution >= 0.6 is 0 Å². The third-order valence-electron chi connectivity index (χ3n) is 3.97. The Hall–Kier alpha value is -3.04. The van der Waals surface area contributed by atoms with E-state index >= 15 is 0 Å². The number of rotatable bonds is 3. The van der Waals surface area contributed by atoms with Crippen molar-refractivity contribution in [3.63, 3.8) is 0 Å². The zero-order chi connectivity index (χ0) is 17.6. The average molecular weight is 332 g/mol. The second kappa shape index (κ2) is 7.69. The van der Waals surface area contributed by atoms with E-state index in [-0.39, 0.29) is 0 Å². The molecular formula is C19H20N6. The van der Waals surface area contributed by atoms with Crippen molar-refractivity contribution < 1.29 is 0 Å². The monoisotopic (exact) mass is 332 g/mol. The molecule has 0 amide bonds. The van der Waals surface area contributed by atoms with Crippen molar-refractivity contribution in [1.29, 1.82) is 5.26 Å². The van der Waals surface area contributed by atoms with Crippen LogP contribution in [-0.2, 0) is 0 Å². The van der Waals surface area contributed by atoms with E-state index in [1.807, 2.05) is 31.2 Å². The fraction of sp³-hybridized carbons (Fsp3) is 0.263. The van der Waals surface area contributed by atoms with Crippen LogP contribution in [0.5, 0.6) is 0 Å². The number of piperazine rings is 1. The van der Waals surface area contributed by atoms with Crippen molar-refractivity contribution in [2.75, 3.05) is 31.1 Å². The molecular weight excluding hydrogens is 312 g/mol. The van der Waals surface area contributed by atoms with Crippen LogP contribution in [0.25, 0.3) is 23.9 Å². The van der Waals surface area contributed by atoms with Gasteiger partial charge < -0.3 is 10.2 Å². The highest BCUT2D eigenvalue weighted by atomic mass is 15.3. The Bertz CT molecular complexity index is 935. The van der Waals surface area contributed by atoms with Gasteiger partial charge in [-0.1, -0.05) is 18.7 Å². The molecule has 3 rings (SSSR count). The zero-order valence-electron chi connectivity index (χ0n) is 14.2. The molecule has 0 spiro atoms. The molecule has 1 aliphatic heterocycles. The minimum atomic E-state index is 0.355. The third kappa shape index (κ3) is 3.90. The minimum Gasteiger partial charge on any atom is -0.338 e. The highest BCUT2D eigenvalue weighted by molar-refractivity contribution is 5.61. The van der Waals surface area contributed by atoms with Crippen molar-refractivity contribution in [2.24, 2.45) is 0 Å². The van der Waals surface area contributed by atoms with E-state index in [9.17, 15) is 5.26 Å². The second-order valence-corrected chi connectivity index (χ2v) is 5.75. The SMILES string of the molecule is C=c1cc(-c2cc(C#N)nc(N3CCNCC3)n2)cn/c1=C/C=C\C. The summed E-state index contributed by atoms with van der Waals surface area (Å²) < 4.78 is 0. The Morgan fingerprint density at radius 2 is 2.08 bits per heavy atom. The lowest BCUT2D eigenvalue weighted by molar-refractivity contribution is 0.580. The maximum atomic E-state index is 9.32. The van der Waals surface area contributed by atoms with Crippen molar-refractivity contribution in [2.45, 2.75) is 6.92 Å². The minimum absolute atomic E-state index is 0.355. The van der Waals surface area contributed by atoms with Crippen LogP contribution in [0.3, 0.4) is 0 Å². The summed E-state index contributed by atoms with van der Waals surface area (Å²) in [6.07, 6.45) is 7.55. The topological polar surface area (TPSA) is 77.7 Å². The van der Waals surface area contributed by atoms with Gasteiger partial charge in [0, 0.05) is 44.0 Å². The summed E-state index contributed by atoms with van der Waals surface area (Å²) in [7, 11) is 0. The lowest BCUT2D eigenvalue weighted by Gasteiger charge is -2.27. The smallest absolute Gasteiger partial charge is 0.227 e. The standard InChI is InChI=1S/C19H20N6/c1-3-4-5-17-14(2)10-15(13-22-17)18-11-16(12-20)23-19(24-18)25-8-6-21-7-9-25/h3-5,10-11,13,21H,2,6-9H2,1H3/b4-3-,17-5+. The van der Waals surface area contributed by atoms with E-state index in [0.717, 1.165) is 42.3 Å². The van der Waals surface area contributed by atoms with Gasteiger partial charge in [0.1, 0.15) is 11.8 Å². The quantitative estimate of drug-likeness (QED) is 0.886. The molecule has 2 aromatic heterocycles. The average Bonchev–Trinajstić information content (AvgIpc) is 2.67. The normalized spacial score (nSPS) is 15.5. The Morgan fingerprint density at radius 1 is 1.28 bits per heavy atom. The first-order valence-electron chi connectivity index (χ1n) is 8.24. The summed E-state index contributed by atoms with van der Waals surface area (Å²) in [5, 5.41) is 14.3. The lowest BCUT2D eigenvalue weighted by Crippen LogP contribution is -2.44. The van der Waals surface area contributed by atoms with E-state index in [1.54, 1.807) is 12.3 Å². The van der Waals surface area contributed by atoms with Crippen LogP contribution in [0.2, 0.25) is 0 Å². The summed E-state index contributed by atoms with van der Waals surface area (Å²) in [5.41, 5.74) is 1.88. The first-order valence-corrected chi connectivity index (χ1v) is 8.24. The second-order valence-electron chi connectivity index (χ2n) is 5.75. The lowest BCUT2D eigenvalue weighted by atomic mass is 10.1. The van der Waals surface area contributed by atoms with Crippen LogP contribution in [-0.4, -0.2) is 41.1 Å². The molecule has 0 aromatic carbocycles. The number of hydrogen-bond donors (Lipinski definition) is 1. The molecule has 1 fully saturated rings. The van der Waals surface area contributed by atoms with E-state index in [4.69, 9.17) is 0 Å². The van der Waals surface area contributed by atoms with Gasteiger partial charge in [0.2, 0.25) is 5.95 Å². The predicted octanol–water partition coefficient (Wildman–Crippen LogP) is 0.587. The van der Waals surface area contributed by atoms with Crippen molar-refractivity contribution in [1.82, 2.24) is 20.3 Å². The highest BCUT2D eigenvalue weighted by Gasteiger charge is 2.15. The fourth-order valence-corrected chi connectivity index (χ4v) is 2.64. The zero-order valence-corrected chi connectivity index (χ0v) is 14.2. The molecule has 0 atom stereocenters. The molecule has 25 heavy (non-hydrogen) atoms. The fourth-order valence-electron chi connectivity index (χ4n) is 2.64. The summed E-state index contributed by atoms with van der Waals surface area (Å²) in [4.78, 5) is 15.6. The molecule has 0 saturated carbocycles. The number of aromatic nitrogens is 3. The van der Waals surface area contributed by atoms with Gasteiger partial charge in [0.05, 0.1) is 11.0 Å². The van der Waals surface area contributed by atoms with Crippen LogP contribution < -0.4 is 20.8 Å². The van der Waals surface area contributed by atoms with Crippen molar-refractivity contribution >= 4 is 18.6 Å². The van der Waals surface area contributed by atoms with Gasteiger partial charge in [-0.3, -0.25) is 4.98 Å².